The van der Waals surface area contributed by atoms with Gasteiger partial charge in [-0.05, 0) is 35.9 Å². The number of H-pyrrole nitrogens is 1. The molecule has 0 spiro atoms. The van der Waals surface area contributed by atoms with E-state index in [0.29, 0.717) is 5.57 Å². The van der Waals surface area contributed by atoms with E-state index in [-0.39, 0.29) is 0 Å². The number of amides is 1. The zero-order chi connectivity index (χ0) is 18.6. The van der Waals surface area contributed by atoms with Crippen LogP contribution in [-0.4, -0.2) is 15.9 Å². The molecule has 4 aromatic rings. The predicted octanol–water partition coefficient (Wildman–Crippen LogP) is 4.33. The van der Waals surface area contributed by atoms with Gasteiger partial charge in [0, 0.05) is 28.4 Å². The summed E-state index contributed by atoms with van der Waals surface area (Å²) >= 11 is 0. The Bertz CT molecular complexity index is 1110. The number of benzene rings is 2. The van der Waals surface area contributed by atoms with Gasteiger partial charge in [0.05, 0.1) is 0 Å². The van der Waals surface area contributed by atoms with E-state index in [4.69, 9.17) is 5.73 Å². The summed E-state index contributed by atoms with van der Waals surface area (Å²) in [6.07, 6.45) is 3.62. The van der Waals surface area contributed by atoms with Crippen molar-refractivity contribution in [3.05, 3.63) is 90.1 Å². The molecule has 0 radical (unpaired) electrons. The SMILES string of the molecule is NC(=O)C(=Cc1c[nH]c2nc(Nc3ccccc3)ccc12)c1ccccc1. The van der Waals surface area contributed by atoms with Crippen molar-refractivity contribution in [2.75, 3.05) is 5.32 Å². The molecule has 0 atom stereocenters. The number of fused-ring (bicyclic) bond motifs is 1. The fraction of sp³-hybridized carbons (Fsp3) is 0. The Balaban J connectivity index is 1.70. The third kappa shape index (κ3) is 3.57. The van der Waals surface area contributed by atoms with Crippen LogP contribution in [0.25, 0.3) is 22.7 Å². The van der Waals surface area contributed by atoms with E-state index >= 15 is 0 Å². The van der Waals surface area contributed by atoms with Crippen molar-refractivity contribution in [1.29, 1.82) is 0 Å². The predicted molar refractivity (Wildman–Crippen MR) is 109 cm³/mol. The molecule has 0 unspecified atom stereocenters. The first kappa shape index (κ1) is 16.6. The van der Waals surface area contributed by atoms with Gasteiger partial charge < -0.3 is 16.0 Å². The average Bonchev–Trinajstić information content (AvgIpc) is 3.09. The number of nitrogens with zero attached hydrogens (tertiary/aromatic N) is 1. The number of hydrogen-bond donors (Lipinski definition) is 3. The lowest BCUT2D eigenvalue weighted by atomic mass is 10.0. The minimum Gasteiger partial charge on any atom is -0.366 e. The first-order valence-electron chi connectivity index (χ1n) is 8.58. The van der Waals surface area contributed by atoms with Crippen molar-refractivity contribution in [3.8, 4) is 0 Å². The number of anilines is 2. The minimum absolute atomic E-state index is 0.461. The van der Waals surface area contributed by atoms with Gasteiger partial charge in [-0.2, -0.15) is 0 Å². The summed E-state index contributed by atoms with van der Waals surface area (Å²) in [5.41, 5.74) is 9.41. The fourth-order valence-corrected chi connectivity index (χ4v) is 2.95. The highest BCUT2D eigenvalue weighted by molar-refractivity contribution is 6.24. The molecule has 0 fully saturated rings. The van der Waals surface area contributed by atoms with E-state index < -0.39 is 5.91 Å². The van der Waals surface area contributed by atoms with Gasteiger partial charge in [-0.1, -0.05) is 48.5 Å². The molecule has 0 aliphatic heterocycles. The smallest absolute Gasteiger partial charge is 0.249 e. The third-order valence-electron chi connectivity index (χ3n) is 4.27. The highest BCUT2D eigenvalue weighted by Gasteiger charge is 2.11. The van der Waals surface area contributed by atoms with Crippen LogP contribution >= 0.6 is 0 Å². The Hall–Kier alpha value is -3.86. The Morgan fingerprint density at radius 3 is 2.37 bits per heavy atom. The third-order valence-corrected chi connectivity index (χ3v) is 4.27. The van der Waals surface area contributed by atoms with Crippen LogP contribution in [0.3, 0.4) is 0 Å². The highest BCUT2D eigenvalue weighted by atomic mass is 16.1. The number of primary amides is 1. The van der Waals surface area contributed by atoms with E-state index in [9.17, 15) is 4.79 Å². The molecule has 5 nitrogen and oxygen atoms in total. The number of rotatable bonds is 5. The quantitative estimate of drug-likeness (QED) is 0.466. The summed E-state index contributed by atoms with van der Waals surface area (Å²) < 4.78 is 0. The second-order valence-electron chi connectivity index (χ2n) is 6.12. The molecule has 4 N–H and O–H groups in total. The molecular weight excluding hydrogens is 336 g/mol. The number of para-hydroxylation sites is 1. The van der Waals surface area contributed by atoms with Crippen LogP contribution in [0.2, 0.25) is 0 Å². The van der Waals surface area contributed by atoms with Crippen LogP contribution < -0.4 is 11.1 Å². The number of carbonyl (C=O) groups is 1. The van der Waals surface area contributed by atoms with E-state index in [0.717, 1.165) is 33.7 Å². The van der Waals surface area contributed by atoms with E-state index in [1.807, 2.05) is 79.0 Å². The largest absolute Gasteiger partial charge is 0.366 e. The number of aromatic amines is 1. The van der Waals surface area contributed by atoms with Crippen molar-refractivity contribution >= 4 is 40.1 Å². The maximum Gasteiger partial charge on any atom is 0.249 e. The van der Waals surface area contributed by atoms with Crippen LogP contribution in [-0.2, 0) is 4.79 Å². The van der Waals surface area contributed by atoms with E-state index in [1.54, 1.807) is 6.08 Å². The van der Waals surface area contributed by atoms with Crippen LogP contribution in [0.5, 0.6) is 0 Å². The van der Waals surface area contributed by atoms with Gasteiger partial charge in [0.25, 0.3) is 0 Å². The van der Waals surface area contributed by atoms with Crippen LogP contribution in [0.1, 0.15) is 11.1 Å². The van der Waals surface area contributed by atoms with Gasteiger partial charge in [-0.15, -0.1) is 0 Å². The summed E-state index contributed by atoms with van der Waals surface area (Å²) in [7, 11) is 0. The monoisotopic (exact) mass is 354 g/mol. The van der Waals surface area contributed by atoms with Gasteiger partial charge in [0.1, 0.15) is 11.5 Å². The lowest BCUT2D eigenvalue weighted by molar-refractivity contribution is -0.112. The van der Waals surface area contributed by atoms with Gasteiger partial charge in [0.2, 0.25) is 5.91 Å². The Kier molecular flexibility index (Phi) is 4.41. The molecule has 0 aliphatic carbocycles. The van der Waals surface area contributed by atoms with Crippen LogP contribution in [0.15, 0.2) is 79.0 Å². The van der Waals surface area contributed by atoms with Crippen LogP contribution in [0, 0.1) is 0 Å². The molecule has 0 saturated heterocycles. The number of nitrogens with one attached hydrogen (secondary N) is 2. The first-order chi connectivity index (χ1) is 13.2. The van der Waals surface area contributed by atoms with Gasteiger partial charge >= 0.3 is 0 Å². The Morgan fingerprint density at radius 2 is 1.67 bits per heavy atom. The van der Waals surface area contributed by atoms with Crippen molar-refractivity contribution in [3.63, 3.8) is 0 Å². The standard InChI is InChI=1S/C22H18N4O/c23-21(27)19(15-7-3-1-4-8-15)13-16-14-24-22-18(16)11-12-20(26-22)25-17-9-5-2-6-10-17/h1-14H,(H2,23,27)(H2,24,25,26). The average molecular weight is 354 g/mol. The van der Waals surface area contributed by atoms with Crippen molar-refractivity contribution in [2.24, 2.45) is 5.73 Å². The molecule has 0 bridgehead atoms. The number of nitrogens with two attached hydrogens (primary N) is 1. The number of aromatic nitrogens is 2. The second-order valence-corrected chi connectivity index (χ2v) is 6.12. The maximum atomic E-state index is 11.9. The van der Waals surface area contributed by atoms with E-state index in [1.165, 1.54) is 0 Å². The molecular formula is C22H18N4O. The summed E-state index contributed by atoms with van der Waals surface area (Å²) in [5.74, 6) is 0.273. The van der Waals surface area contributed by atoms with Gasteiger partial charge in [-0.3, -0.25) is 4.79 Å². The van der Waals surface area contributed by atoms with Crippen molar-refractivity contribution < 1.29 is 4.79 Å². The maximum absolute atomic E-state index is 11.9. The molecule has 2 aromatic heterocycles. The minimum atomic E-state index is -0.467. The van der Waals surface area contributed by atoms with Gasteiger partial charge in [-0.25, -0.2) is 4.98 Å². The fourth-order valence-electron chi connectivity index (χ4n) is 2.95. The molecule has 132 valence electrons. The topological polar surface area (TPSA) is 83.8 Å². The molecule has 2 heterocycles. The molecule has 2 aromatic carbocycles. The molecule has 27 heavy (non-hydrogen) atoms. The molecule has 1 amide bonds. The summed E-state index contributed by atoms with van der Waals surface area (Å²) in [5, 5.41) is 4.19. The zero-order valence-electron chi connectivity index (χ0n) is 14.5. The second kappa shape index (κ2) is 7.17. The lowest BCUT2D eigenvalue weighted by Crippen LogP contribution is -2.12. The highest BCUT2D eigenvalue weighted by Crippen LogP contribution is 2.25. The summed E-state index contributed by atoms with van der Waals surface area (Å²) in [4.78, 5) is 19.7. The Morgan fingerprint density at radius 1 is 0.963 bits per heavy atom. The van der Waals surface area contributed by atoms with Crippen molar-refractivity contribution in [1.82, 2.24) is 9.97 Å². The summed E-state index contributed by atoms with van der Waals surface area (Å²) in [6, 6.07) is 23.1. The van der Waals surface area contributed by atoms with Crippen molar-refractivity contribution in [2.45, 2.75) is 0 Å². The lowest BCUT2D eigenvalue weighted by Gasteiger charge is -2.05. The number of carbonyl (C=O) groups excluding carboxylic acids is 1. The number of pyridine rings is 1. The Labute approximate surface area is 156 Å². The molecule has 5 heteroatoms. The normalized spacial score (nSPS) is 11.5. The molecule has 4 rings (SSSR count). The van der Waals surface area contributed by atoms with E-state index in [2.05, 4.69) is 15.3 Å². The first-order valence-corrected chi connectivity index (χ1v) is 8.58. The molecule has 0 aliphatic rings. The molecule has 0 saturated carbocycles. The summed E-state index contributed by atoms with van der Waals surface area (Å²) in [6.45, 7) is 0. The van der Waals surface area contributed by atoms with Gasteiger partial charge in [0.15, 0.2) is 0 Å². The van der Waals surface area contributed by atoms with Crippen LogP contribution in [0.4, 0.5) is 11.5 Å². The number of hydrogen-bond acceptors (Lipinski definition) is 3. The zero-order valence-corrected chi connectivity index (χ0v) is 14.5.